The predicted octanol–water partition coefficient (Wildman–Crippen LogP) is 2.27. The zero-order valence-corrected chi connectivity index (χ0v) is 10.7. The average molecular weight is 262 g/mol. The van der Waals surface area contributed by atoms with Crippen molar-refractivity contribution < 1.29 is 9.84 Å². The SMILES string of the molecule is Oc1c(C=NN2CCOCC2)sc2ccccc12. The van der Waals surface area contributed by atoms with Crippen LogP contribution in [0.1, 0.15) is 4.88 Å². The molecular formula is C13H14N2O2S. The lowest BCUT2D eigenvalue weighted by Crippen LogP contribution is -2.32. The van der Waals surface area contributed by atoms with Crippen LogP contribution in [0.2, 0.25) is 0 Å². The zero-order valence-electron chi connectivity index (χ0n) is 9.87. The number of rotatable bonds is 2. The van der Waals surface area contributed by atoms with Crippen LogP contribution in [0.15, 0.2) is 29.4 Å². The number of fused-ring (bicyclic) bond motifs is 1. The molecule has 1 N–H and O–H groups in total. The first-order valence-electron chi connectivity index (χ1n) is 5.92. The average Bonchev–Trinajstić information content (AvgIpc) is 2.75. The number of hydrogen-bond donors (Lipinski definition) is 1. The fourth-order valence-electron chi connectivity index (χ4n) is 1.94. The van der Waals surface area contributed by atoms with Gasteiger partial charge in [0.2, 0.25) is 0 Å². The van der Waals surface area contributed by atoms with E-state index in [1.165, 1.54) is 0 Å². The summed E-state index contributed by atoms with van der Waals surface area (Å²) in [6.45, 7) is 3.05. The summed E-state index contributed by atoms with van der Waals surface area (Å²) in [7, 11) is 0. The highest BCUT2D eigenvalue weighted by Crippen LogP contribution is 2.35. The van der Waals surface area contributed by atoms with Crippen LogP contribution in [-0.2, 0) is 4.74 Å². The molecular weight excluding hydrogens is 248 g/mol. The van der Waals surface area contributed by atoms with Gasteiger partial charge in [-0.3, -0.25) is 5.01 Å². The van der Waals surface area contributed by atoms with Gasteiger partial charge in [0.15, 0.2) is 0 Å². The third-order valence-corrected chi connectivity index (χ3v) is 4.02. The van der Waals surface area contributed by atoms with Crippen molar-refractivity contribution in [3.05, 3.63) is 29.1 Å². The van der Waals surface area contributed by atoms with Crippen molar-refractivity contribution in [1.82, 2.24) is 5.01 Å². The van der Waals surface area contributed by atoms with Gasteiger partial charge in [0, 0.05) is 10.1 Å². The number of morpholine rings is 1. The third-order valence-electron chi connectivity index (χ3n) is 2.92. The molecule has 4 nitrogen and oxygen atoms in total. The maximum Gasteiger partial charge on any atom is 0.143 e. The largest absolute Gasteiger partial charge is 0.506 e. The highest BCUT2D eigenvalue weighted by molar-refractivity contribution is 7.21. The molecule has 0 aliphatic carbocycles. The number of thiophene rings is 1. The van der Waals surface area contributed by atoms with E-state index in [9.17, 15) is 5.11 Å². The van der Waals surface area contributed by atoms with E-state index in [2.05, 4.69) is 5.10 Å². The standard InChI is InChI=1S/C13H14N2O2S/c16-13-10-3-1-2-4-11(10)18-12(13)9-14-15-5-7-17-8-6-15/h1-4,9,16H,5-8H2. The molecule has 0 bridgehead atoms. The van der Waals surface area contributed by atoms with Gasteiger partial charge in [-0.15, -0.1) is 11.3 Å². The molecule has 3 rings (SSSR count). The second-order valence-electron chi connectivity index (χ2n) is 4.12. The fourth-order valence-corrected chi connectivity index (χ4v) is 2.91. The van der Waals surface area contributed by atoms with Crippen LogP contribution in [-0.4, -0.2) is 42.6 Å². The molecule has 0 spiro atoms. The minimum atomic E-state index is 0.326. The normalized spacial score (nSPS) is 16.8. The molecule has 1 aliphatic heterocycles. The monoisotopic (exact) mass is 262 g/mol. The Balaban J connectivity index is 1.85. The van der Waals surface area contributed by atoms with Gasteiger partial charge in [-0.05, 0) is 12.1 Å². The molecule has 0 amide bonds. The maximum absolute atomic E-state index is 10.1. The van der Waals surface area contributed by atoms with Crippen LogP contribution in [0.3, 0.4) is 0 Å². The number of aromatic hydroxyl groups is 1. The first-order valence-corrected chi connectivity index (χ1v) is 6.73. The number of benzene rings is 1. The Labute approximate surface area is 109 Å². The molecule has 1 aromatic heterocycles. The summed E-state index contributed by atoms with van der Waals surface area (Å²) < 4.78 is 6.34. The van der Waals surface area contributed by atoms with E-state index in [4.69, 9.17) is 4.74 Å². The van der Waals surface area contributed by atoms with Crippen LogP contribution >= 0.6 is 11.3 Å². The molecule has 5 heteroatoms. The first kappa shape index (κ1) is 11.5. The molecule has 2 aromatic rings. The topological polar surface area (TPSA) is 45.1 Å². The van der Waals surface area contributed by atoms with Crippen molar-refractivity contribution in [1.29, 1.82) is 0 Å². The minimum absolute atomic E-state index is 0.326. The van der Waals surface area contributed by atoms with Crippen molar-refractivity contribution in [3.63, 3.8) is 0 Å². The van der Waals surface area contributed by atoms with Crippen LogP contribution < -0.4 is 0 Å². The van der Waals surface area contributed by atoms with Crippen molar-refractivity contribution in [2.24, 2.45) is 5.10 Å². The molecule has 2 heterocycles. The van der Waals surface area contributed by atoms with Gasteiger partial charge >= 0.3 is 0 Å². The fraction of sp³-hybridized carbons (Fsp3) is 0.308. The van der Waals surface area contributed by atoms with Crippen molar-refractivity contribution in [3.8, 4) is 5.75 Å². The van der Waals surface area contributed by atoms with E-state index in [0.29, 0.717) is 5.75 Å². The second kappa shape index (κ2) is 4.96. The van der Waals surface area contributed by atoms with Crippen LogP contribution in [0.25, 0.3) is 10.1 Å². The maximum atomic E-state index is 10.1. The molecule has 94 valence electrons. The van der Waals surface area contributed by atoms with Crippen LogP contribution in [0.5, 0.6) is 5.75 Å². The van der Waals surface area contributed by atoms with Crippen molar-refractivity contribution in [2.75, 3.05) is 26.3 Å². The number of ether oxygens (including phenoxy) is 1. The lowest BCUT2D eigenvalue weighted by atomic mass is 10.2. The summed E-state index contributed by atoms with van der Waals surface area (Å²) in [5.41, 5.74) is 0. The summed E-state index contributed by atoms with van der Waals surface area (Å²) in [5.74, 6) is 0.326. The predicted molar refractivity (Wildman–Crippen MR) is 73.5 cm³/mol. The lowest BCUT2D eigenvalue weighted by molar-refractivity contribution is 0.0397. The Kier molecular flexibility index (Phi) is 3.17. The van der Waals surface area contributed by atoms with Crippen LogP contribution in [0, 0.1) is 0 Å². The smallest absolute Gasteiger partial charge is 0.143 e. The Morgan fingerprint density at radius 3 is 2.83 bits per heavy atom. The summed E-state index contributed by atoms with van der Waals surface area (Å²) in [5, 5.41) is 17.3. The Hall–Kier alpha value is -1.59. The highest BCUT2D eigenvalue weighted by Gasteiger charge is 2.10. The molecule has 1 aliphatic rings. The van der Waals surface area contributed by atoms with Gasteiger partial charge < -0.3 is 9.84 Å². The quantitative estimate of drug-likeness (QED) is 0.844. The molecule has 0 radical (unpaired) electrons. The minimum Gasteiger partial charge on any atom is -0.506 e. The molecule has 1 saturated heterocycles. The molecule has 0 atom stereocenters. The molecule has 1 fully saturated rings. The van der Waals surface area contributed by atoms with E-state index in [-0.39, 0.29) is 0 Å². The van der Waals surface area contributed by atoms with Gasteiger partial charge in [-0.25, -0.2) is 0 Å². The third kappa shape index (κ3) is 2.19. The second-order valence-corrected chi connectivity index (χ2v) is 5.21. The van der Waals surface area contributed by atoms with Gasteiger partial charge in [0.25, 0.3) is 0 Å². The summed E-state index contributed by atoms with van der Waals surface area (Å²) in [6, 6.07) is 7.83. The van der Waals surface area contributed by atoms with Crippen molar-refractivity contribution >= 4 is 27.6 Å². The summed E-state index contributed by atoms with van der Waals surface area (Å²) in [4.78, 5) is 0.808. The van der Waals surface area contributed by atoms with E-state index < -0.39 is 0 Å². The summed E-state index contributed by atoms with van der Waals surface area (Å²) in [6.07, 6.45) is 1.74. The Morgan fingerprint density at radius 1 is 1.28 bits per heavy atom. The van der Waals surface area contributed by atoms with Crippen LogP contribution in [0.4, 0.5) is 0 Å². The van der Waals surface area contributed by atoms with E-state index in [0.717, 1.165) is 41.3 Å². The molecule has 0 unspecified atom stereocenters. The number of hydrogen-bond acceptors (Lipinski definition) is 5. The molecule has 1 aromatic carbocycles. The molecule has 0 saturated carbocycles. The lowest BCUT2D eigenvalue weighted by Gasteiger charge is -2.23. The highest BCUT2D eigenvalue weighted by atomic mass is 32.1. The zero-order chi connectivity index (χ0) is 12.4. The van der Waals surface area contributed by atoms with Gasteiger partial charge in [-0.2, -0.15) is 5.10 Å². The Bertz CT molecular complexity index is 573. The van der Waals surface area contributed by atoms with E-state index in [1.54, 1.807) is 17.6 Å². The number of nitrogens with zero attached hydrogens (tertiary/aromatic N) is 2. The van der Waals surface area contributed by atoms with E-state index >= 15 is 0 Å². The first-order chi connectivity index (χ1) is 8.84. The Morgan fingerprint density at radius 2 is 2.06 bits per heavy atom. The molecule has 18 heavy (non-hydrogen) atoms. The van der Waals surface area contributed by atoms with E-state index in [1.807, 2.05) is 29.3 Å². The number of hydrazone groups is 1. The van der Waals surface area contributed by atoms with Gasteiger partial charge in [0.1, 0.15) is 5.75 Å². The van der Waals surface area contributed by atoms with Gasteiger partial charge in [0.05, 0.1) is 37.4 Å². The van der Waals surface area contributed by atoms with Crippen molar-refractivity contribution in [2.45, 2.75) is 0 Å². The summed E-state index contributed by atoms with van der Waals surface area (Å²) >= 11 is 1.56. The van der Waals surface area contributed by atoms with Gasteiger partial charge in [-0.1, -0.05) is 12.1 Å².